The average Bonchev–Trinajstić information content (AvgIpc) is 2.64. The van der Waals surface area contributed by atoms with Crippen molar-refractivity contribution in [1.29, 1.82) is 0 Å². The maximum Gasteiger partial charge on any atom is 0.0947 e. The van der Waals surface area contributed by atoms with Crippen LogP contribution in [-0.4, -0.2) is 31.6 Å². The lowest BCUT2D eigenvalue weighted by Crippen LogP contribution is -2.30. The lowest BCUT2D eigenvalue weighted by Gasteiger charge is -2.16. The molecule has 0 spiro atoms. The van der Waals surface area contributed by atoms with Crippen molar-refractivity contribution in [3.05, 3.63) is 24.2 Å². The van der Waals surface area contributed by atoms with Crippen LogP contribution >= 0.6 is 0 Å². The Hall–Kier alpha value is -0.800. The number of likely N-dealkylation sites (N-methyl/N-ethyl adjacent to an activating group) is 1. The van der Waals surface area contributed by atoms with E-state index in [4.69, 9.17) is 4.42 Å². The van der Waals surface area contributed by atoms with Crippen molar-refractivity contribution in [1.82, 2.24) is 10.2 Å². The van der Waals surface area contributed by atoms with Crippen LogP contribution in [0.25, 0.3) is 0 Å². The summed E-state index contributed by atoms with van der Waals surface area (Å²) in [5, 5.41) is 3.43. The molecule has 3 nitrogen and oxygen atoms in total. The van der Waals surface area contributed by atoms with Crippen LogP contribution in [0.4, 0.5) is 0 Å². The molecular formula is C12H22N2O. The topological polar surface area (TPSA) is 28.4 Å². The minimum atomic E-state index is 0.726. The second-order valence-electron chi connectivity index (χ2n) is 4.47. The van der Waals surface area contributed by atoms with Crippen LogP contribution in [0.5, 0.6) is 0 Å². The molecule has 1 N–H and O–H groups in total. The minimum Gasteiger partial charge on any atom is -0.472 e. The van der Waals surface area contributed by atoms with Crippen molar-refractivity contribution in [2.45, 2.75) is 20.4 Å². The third-order valence-electron chi connectivity index (χ3n) is 2.26. The standard InChI is InChI=1S/C12H22N2O/c1-11(2)8-13-5-6-14(3)9-12-4-7-15-10-12/h4,7,10-11,13H,5-6,8-9H2,1-3H3. The van der Waals surface area contributed by atoms with Crippen molar-refractivity contribution in [3.8, 4) is 0 Å². The van der Waals surface area contributed by atoms with Gasteiger partial charge >= 0.3 is 0 Å². The Morgan fingerprint density at radius 3 is 2.87 bits per heavy atom. The monoisotopic (exact) mass is 210 g/mol. The third kappa shape index (κ3) is 5.60. The first kappa shape index (κ1) is 12.3. The van der Waals surface area contributed by atoms with Crippen LogP contribution in [0.3, 0.4) is 0 Å². The largest absolute Gasteiger partial charge is 0.472 e. The summed E-state index contributed by atoms with van der Waals surface area (Å²) in [6, 6.07) is 2.01. The summed E-state index contributed by atoms with van der Waals surface area (Å²) in [5.41, 5.74) is 1.24. The van der Waals surface area contributed by atoms with Gasteiger partial charge in [0.15, 0.2) is 0 Å². The van der Waals surface area contributed by atoms with E-state index in [-0.39, 0.29) is 0 Å². The molecule has 0 saturated heterocycles. The molecule has 1 rings (SSSR count). The van der Waals surface area contributed by atoms with Crippen molar-refractivity contribution >= 4 is 0 Å². The van der Waals surface area contributed by atoms with Crippen molar-refractivity contribution in [2.24, 2.45) is 5.92 Å². The Balaban J connectivity index is 2.06. The zero-order valence-corrected chi connectivity index (χ0v) is 9.99. The van der Waals surface area contributed by atoms with Crippen LogP contribution in [-0.2, 0) is 6.54 Å². The van der Waals surface area contributed by atoms with Gasteiger partial charge in [-0.3, -0.25) is 0 Å². The van der Waals surface area contributed by atoms with Gasteiger partial charge in [-0.1, -0.05) is 13.8 Å². The molecule has 0 aliphatic rings. The molecular weight excluding hydrogens is 188 g/mol. The normalized spacial score (nSPS) is 11.5. The molecule has 0 saturated carbocycles. The molecule has 86 valence electrons. The Morgan fingerprint density at radius 2 is 2.27 bits per heavy atom. The maximum absolute atomic E-state index is 5.03. The first-order chi connectivity index (χ1) is 7.18. The zero-order valence-electron chi connectivity index (χ0n) is 9.99. The minimum absolute atomic E-state index is 0.726. The van der Waals surface area contributed by atoms with E-state index in [0.717, 1.165) is 32.1 Å². The SMILES string of the molecule is CC(C)CNCCN(C)Cc1ccoc1. The first-order valence-corrected chi connectivity index (χ1v) is 5.59. The summed E-state index contributed by atoms with van der Waals surface area (Å²) in [5.74, 6) is 0.726. The number of hydrogen-bond acceptors (Lipinski definition) is 3. The third-order valence-corrected chi connectivity index (χ3v) is 2.26. The highest BCUT2D eigenvalue weighted by Gasteiger charge is 2.01. The molecule has 0 fully saturated rings. The highest BCUT2D eigenvalue weighted by Crippen LogP contribution is 2.02. The molecule has 0 unspecified atom stereocenters. The molecule has 0 bridgehead atoms. The van der Waals surface area contributed by atoms with E-state index in [2.05, 4.69) is 31.1 Å². The van der Waals surface area contributed by atoms with Crippen molar-refractivity contribution in [3.63, 3.8) is 0 Å². The summed E-state index contributed by atoms with van der Waals surface area (Å²) in [4.78, 5) is 2.29. The van der Waals surface area contributed by atoms with E-state index in [1.54, 1.807) is 12.5 Å². The Morgan fingerprint density at radius 1 is 1.47 bits per heavy atom. The molecule has 1 heterocycles. The Kier molecular flexibility index (Phi) is 5.43. The number of nitrogens with zero attached hydrogens (tertiary/aromatic N) is 1. The summed E-state index contributed by atoms with van der Waals surface area (Å²) in [7, 11) is 2.13. The molecule has 0 radical (unpaired) electrons. The summed E-state index contributed by atoms with van der Waals surface area (Å²) >= 11 is 0. The molecule has 3 heteroatoms. The van der Waals surface area contributed by atoms with Gasteiger partial charge in [-0.15, -0.1) is 0 Å². The van der Waals surface area contributed by atoms with Gasteiger partial charge in [0.05, 0.1) is 12.5 Å². The van der Waals surface area contributed by atoms with Crippen LogP contribution < -0.4 is 5.32 Å². The second kappa shape index (κ2) is 6.64. The fraction of sp³-hybridized carbons (Fsp3) is 0.667. The predicted molar refractivity (Wildman–Crippen MR) is 62.7 cm³/mol. The highest BCUT2D eigenvalue weighted by molar-refractivity contribution is 5.04. The van der Waals surface area contributed by atoms with Crippen LogP contribution in [0.2, 0.25) is 0 Å². The molecule has 0 aliphatic carbocycles. The van der Waals surface area contributed by atoms with Crippen LogP contribution in [0.1, 0.15) is 19.4 Å². The van der Waals surface area contributed by atoms with Gasteiger partial charge in [-0.25, -0.2) is 0 Å². The van der Waals surface area contributed by atoms with E-state index in [0.29, 0.717) is 0 Å². The zero-order chi connectivity index (χ0) is 11.1. The molecule has 1 aromatic heterocycles. The smallest absolute Gasteiger partial charge is 0.0947 e. The molecule has 1 aromatic rings. The number of hydrogen-bond donors (Lipinski definition) is 1. The van der Waals surface area contributed by atoms with Gasteiger partial charge in [0, 0.05) is 25.2 Å². The van der Waals surface area contributed by atoms with E-state index < -0.39 is 0 Å². The summed E-state index contributed by atoms with van der Waals surface area (Å²) in [6.45, 7) is 8.62. The molecule has 0 amide bonds. The van der Waals surface area contributed by atoms with Gasteiger partial charge in [-0.05, 0) is 25.6 Å². The molecule has 0 aromatic carbocycles. The van der Waals surface area contributed by atoms with Crippen LogP contribution in [0, 0.1) is 5.92 Å². The number of nitrogens with one attached hydrogen (secondary N) is 1. The van der Waals surface area contributed by atoms with E-state index >= 15 is 0 Å². The Bertz CT molecular complexity index is 244. The fourth-order valence-corrected chi connectivity index (χ4v) is 1.43. The lowest BCUT2D eigenvalue weighted by molar-refractivity contribution is 0.320. The second-order valence-corrected chi connectivity index (χ2v) is 4.47. The first-order valence-electron chi connectivity index (χ1n) is 5.59. The van der Waals surface area contributed by atoms with Crippen LogP contribution in [0.15, 0.2) is 23.0 Å². The molecule has 0 atom stereocenters. The van der Waals surface area contributed by atoms with Gasteiger partial charge in [0.2, 0.25) is 0 Å². The molecule has 0 aliphatic heterocycles. The summed E-state index contributed by atoms with van der Waals surface area (Å²) in [6.07, 6.45) is 3.53. The van der Waals surface area contributed by atoms with Crippen molar-refractivity contribution in [2.75, 3.05) is 26.7 Å². The fourth-order valence-electron chi connectivity index (χ4n) is 1.43. The van der Waals surface area contributed by atoms with Crippen molar-refractivity contribution < 1.29 is 4.42 Å². The molecule has 15 heavy (non-hydrogen) atoms. The highest BCUT2D eigenvalue weighted by atomic mass is 16.3. The summed E-state index contributed by atoms with van der Waals surface area (Å²) < 4.78 is 5.03. The van der Waals surface area contributed by atoms with E-state index in [1.165, 1.54) is 5.56 Å². The maximum atomic E-state index is 5.03. The predicted octanol–water partition coefficient (Wildman–Crippen LogP) is 1.96. The quantitative estimate of drug-likeness (QED) is 0.697. The number of furan rings is 1. The van der Waals surface area contributed by atoms with Gasteiger partial charge < -0.3 is 14.6 Å². The lowest BCUT2D eigenvalue weighted by atomic mass is 10.2. The van der Waals surface area contributed by atoms with E-state index in [9.17, 15) is 0 Å². The number of rotatable bonds is 7. The van der Waals surface area contributed by atoms with Gasteiger partial charge in [0.25, 0.3) is 0 Å². The van der Waals surface area contributed by atoms with Gasteiger partial charge in [0.1, 0.15) is 0 Å². The van der Waals surface area contributed by atoms with E-state index in [1.807, 2.05) is 6.07 Å². The Labute approximate surface area is 92.5 Å². The van der Waals surface area contributed by atoms with Gasteiger partial charge in [-0.2, -0.15) is 0 Å². The average molecular weight is 210 g/mol.